The van der Waals surface area contributed by atoms with Crippen molar-refractivity contribution < 1.29 is 14.3 Å². The molecule has 1 aromatic rings. The van der Waals surface area contributed by atoms with Gasteiger partial charge in [-0.3, -0.25) is 9.69 Å². The Morgan fingerprint density at radius 1 is 1.10 bits per heavy atom. The van der Waals surface area contributed by atoms with Crippen LogP contribution in [0.5, 0.6) is 5.75 Å². The highest BCUT2D eigenvalue weighted by Gasteiger charge is 2.42. The average Bonchev–Trinajstić information content (AvgIpc) is 2.74. The summed E-state index contributed by atoms with van der Waals surface area (Å²) in [6.07, 6.45) is 8.01. The summed E-state index contributed by atoms with van der Waals surface area (Å²) in [5, 5.41) is 3.18. The van der Waals surface area contributed by atoms with Crippen LogP contribution in [0.1, 0.15) is 64.4 Å². The molecular formula is C25H37N3O3. The predicted octanol–water partition coefficient (Wildman–Crippen LogP) is 3.68. The van der Waals surface area contributed by atoms with Crippen LogP contribution in [-0.4, -0.2) is 54.9 Å². The van der Waals surface area contributed by atoms with Crippen molar-refractivity contribution in [3.8, 4) is 5.75 Å². The molecule has 1 aromatic carbocycles. The van der Waals surface area contributed by atoms with Gasteiger partial charge < -0.3 is 19.7 Å². The first-order valence-electron chi connectivity index (χ1n) is 12.3. The molecule has 6 heteroatoms. The second-order valence-corrected chi connectivity index (χ2v) is 10.1. The Morgan fingerprint density at radius 2 is 1.84 bits per heavy atom. The number of carbonyl (C=O) groups excluding carboxylic acids is 1. The third kappa shape index (κ3) is 4.42. The van der Waals surface area contributed by atoms with Crippen LogP contribution < -0.4 is 15.0 Å². The molecule has 0 bridgehead atoms. The topological polar surface area (TPSA) is 54.0 Å². The molecule has 1 amide bonds. The Labute approximate surface area is 186 Å². The van der Waals surface area contributed by atoms with Crippen molar-refractivity contribution >= 4 is 11.6 Å². The molecule has 1 aliphatic carbocycles. The third-order valence-corrected chi connectivity index (χ3v) is 7.71. The molecule has 6 nitrogen and oxygen atoms in total. The molecule has 0 radical (unpaired) electrons. The summed E-state index contributed by atoms with van der Waals surface area (Å²) in [5.74, 6) is 0.773. The maximum absolute atomic E-state index is 12.0. The lowest BCUT2D eigenvalue weighted by molar-refractivity contribution is -0.231. The Hall–Kier alpha value is -1.79. The molecule has 1 N–H and O–H groups in total. The molecule has 1 saturated carbocycles. The summed E-state index contributed by atoms with van der Waals surface area (Å²) >= 11 is 0. The largest absolute Gasteiger partial charge is 0.462 e. The molecule has 5 rings (SSSR count). The van der Waals surface area contributed by atoms with E-state index in [9.17, 15) is 4.79 Å². The van der Waals surface area contributed by atoms with E-state index in [1.807, 2.05) is 13.8 Å². The highest BCUT2D eigenvalue weighted by molar-refractivity contribution is 5.78. The van der Waals surface area contributed by atoms with Gasteiger partial charge in [-0.2, -0.15) is 0 Å². The zero-order valence-corrected chi connectivity index (χ0v) is 19.1. The fourth-order valence-corrected chi connectivity index (χ4v) is 5.29. The zero-order valence-electron chi connectivity index (χ0n) is 19.1. The van der Waals surface area contributed by atoms with Gasteiger partial charge in [0.1, 0.15) is 5.75 Å². The van der Waals surface area contributed by atoms with E-state index in [1.165, 1.54) is 24.9 Å². The van der Waals surface area contributed by atoms with E-state index in [4.69, 9.17) is 9.47 Å². The number of carbonyl (C=O) groups is 1. The third-order valence-electron chi connectivity index (χ3n) is 7.71. The Bertz CT molecular complexity index is 791. The van der Waals surface area contributed by atoms with Crippen molar-refractivity contribution in [1.29, 1.82) is 0 Å². The van der Waals surface area contributed by atoms with Gasteiger partial charge in [0.2, 0.25) is 11.7 Å². The van der Waals surface area contributed by atoms with Gasteiger partial charge in [-0.1, -0.05) is 20.3 Å². The first kappa shape index (κ1) is 21.1. The first-order valence-corrected chi connectivity index (χ1v) is 12.3. The number of fused-ring (bicyclic) bond motifs is 1. The fourth-order valence-electron chi connectivity index (χ4n) is 5.29. The van der Waals surface area contributed by atoms with Crippen molar-refractivity contribution in [2.24, 2.45) is 5.92 Å². The number of hydrogen-bond acceptors (Lipinski definition) is 5. The van der Waals surface area contributed by atoms with Crippen LogP contribution in [0.4, 0.5) is 5.69 Å². The maximum atomic E-state index is 12.0. The SMILES string of the molecule is CC(C)C(=O)NC1CCN(c2ccc3c(c2)COC2(CCN(C4CCC4)CC2)O3)CC1. The second-order valence-electron chi connectivity index (χ2n) is 10.1. The van der Waals surface area contributed by atoms with Crippen LogP contribution in [0.2, 0.25) is 0 Å². The Morgan fingerprint density at radius 3 is 2.48 bits per heavy atom. The lowest BCUT2D eigenvalue weighted by atomic mass is 9.89. The van der Waals surface area contributed by atoms with Crippen molar-refractivity contribution in [2.45, 2.75) is 83.3 Å². The van der Waals surface area contributed by atoms with E-state index >= 15 is 0 Å². The number of rotatable bonds is 4. The standard InChI is InChI=1S/C25H37N3O3/c1-18(2)24(29)26-20-8-12-27(13-9-20)22-6-7-23-19(16-22)17-30-25(31-23)10-14-28(15-11-25)21-4-3-5-21/h6-7,16,18,20-21H,3-5,8-15,17H2,1-2H3,(H,26,29). The van der Waals surface area contributed by atoms with E-state index < -0.39 is 5.79 Å². The monoisotopic (exact) mass is 427 g/mol. The van der Waals surface area contributed by atoms with Crippen LogP contribution in [0.15, 0.2) is 18.2 Å². The molecule has 4 aliphatic rings. The first-order chi connectivity index (χ1) is 15.0. The minimum absolute atomic E-state index is 0.0485. The fraction of sp³-hybridized carbons (Fsp3) is 0.720. The quantitative estimate of drug-likeness (QED) is 0.794. The molecule has 1 spiro atoms. The number of amides is 1. The maximum Gasteiger partial charge on any atom is 0.222 e. The molecule has 3 fully saturated rings. The van der Waals surface area contributed by atoms with Crippen LogP contribution >= 0.6 is 0 Å². The van der Waals surface area contributed by atoms with Crippen molar-refractivity contribution in [1.82, 2.24) is 10.2 Å². The number of anilines is 1. The van der Waals surface area contributed by atoms with Gasteiger partial charge >= 0.3 is 0 Å². The van der Waals surface area contributed by atoms with Crippen molar-refractivity contribution in [3.63, 3.8) is 0 Å². The van der Waals surface area contributed by atoms with Crippen LogP contribution in [-0.2, 0) is 16.1 Å². The lowest BCUT2D eigenvalue weighted by Gasteiger charge is -2.47. The highest BCUT2D eigenvalue weighted by Crippen LogP contribution is 2.40. The van der Waals surface area contributed by atoms with Gasteiger partial charge in [-0.15, -0.1) is 0 Å². The molecule has 0 aromatic heterocycles. The number of piperidine rings is 2. The molecular weight excluding hydrogens is 390 g/mol. The lowest BCUT2D eigenvalue weighted by Crippen LogP contribution is -2.54. The number of nitrogens with zero attached hydrogens (tertiary/aromatic N) is 2. The van der Waals surface area contributed by atoms with Gasteiger partial charge in [0.15, 0.2) is 0 Å². The number of hydrogen-bond donors (Lipinski definition) is 1. The minimum atomic E-state index is -0.429. The Balaban J connectivity index is 1.17. The molecule has 31 heavy (non-hydrogen) atoms. The average molecular weight is 428 g/mol. The summed E-state index contributed by atoms with van der Waals surface area (Å²) < 4.78 is 12.8. The van der Waals surface area contributed by atoms with E-state index in [1.54, 1.807) is 0 Å². The predicted molar refractivity (Wildman–Crippen MR) is 121 cm³/mol. The molecule has 3 aliphatic heterocycles. The second kappa shape index (κ2) is 8.62. The van der Waals surface area contributed by atoms with Gasteiger partial charge in [-0.05, 0) is 43.9 Å². The highest BCUT2D eigenvalue weighted by atomic mass is 16.7. The van der Waals surface area contributed by atoms with E-state index in [-0.39, 0.29) is 11.8 Å². The van der Waals surface area contributed by atoms with Crippen molar-refractivity contribution in [2.75, 3.05) is 31.1 Å². The van der Waals surface area contributed by atoms with Gasteiger partial charge in [-0.25, -0.2) is 0 Å². The molecule has 3 heterocycles. The summed E-state index contributed by atoms with van der Waals surface area (Å²) in [5.41, 5.74) is 2.38. The zero-order chi connectivity index (χ0) is 21.4. The van der Waals surface area contributed by atoms with E-state index in [0.29, 0.717) is 12.6 Å². The number of benzene rings is 1. The van der Waals surface area contributed by atoms with Gasteiger partial charge in [0, 0.05) is 68.3 Å². The van der Waals surface area contributed by atoms with E-state index in [0.717, 1.165) is 69.2 Å². The normalized spacial score (nSPS) is 24.5. The minimum Gasteiger partial charge on any atom is -0.462 e. The molecule has 0 atom stereocenters. The van der Waals surface area contributed by atoms with Crippen LogP contribution in [0.25, 0.3) is 0 Å². The summed E-state index contributed by atoms with van der Waals surface area (Å²) in [6.45, 7) is 8.62. The van der Waals surface area contributed by atoms with Crippen LogP contribution in [0, 0.1) is 5.92 Å². The van der Waals surface area contributed by atoms with Crippen LogP contribution in [0.3, 0.4) is 0 Å². The summed E-state index contributed by atoms with van der Waals surface area (Å²) in [4.78, 5) is 17.0. The van der Waals surface area contributed by atoms with Gasteiger partial charge in [0.05, 0.1) is 6.61 Å². The van der Waals surface area contributed by atoms with Crippen molar-refractivity contribution in [3.05, 3.63) is 23.8 Å². The molecule has 0 unspecified atom stereocenters. The van der Waals surface area contributed by atoms with E-state index in [2.05, 4.69) is 33.3 Å². The summed E-state index contributed by atoms with van der Waals surface area (Å²) in [7, 11) is 0. The number of likely N-dealkylation sites (tertiary alicyclic amines) is 1. The Kier molecular flexibility index (Phi) is 5.86. The number of ether oxygens (including phenoxy) is 2. The smallest absolute Gasteiger partial charge is 0.222 e. The van der Waals surface area contributed by atoms with Gasteiger partial charge in [0.25, 0.3) is 0 Å². The molecule has 170 valence electrons. The number of nitrogens with one attached hydrogen (secondary N) is 1. The molecule has 2 saturated heterocycles. The summed E-state index contributed by atoms with van der Waals surface area (Å²) in [6, 6.07) is 7.66.